The van der Waals surface area contributed by atoms with Crippen LogP contribution >= 0.6 is 22.9 Å². The topological polar surface area (TPSA) is 106 Å². The number of imide groups is 1. The molecule has 9 nitrogen and oxygen atoms in total. The van der Waals surface area contributed by atoms with Crippen molar-refractivity contribution in [3.05, 3.63) is 68.7 Å². The van der Waals surface area contributed by atoms with E-state index in [-0.39, 0.29) is 18.1 Å². The number of nitrogens with one attached hydrogen (secondary N) is 2. The second-order valence-corrected chi connectivity index (χ2v) is 9.19. The molecule has 2 aromatic heterocycles. The zero-order valence-electron chi connectivity index (χ0n) is 19.1. The first-order valence-corrected chi connectivity index (χ1v) is 12.2. The van der Waals surface area contributed by atoms with Gasteiger partial charge in [0.2, 0.25) is 0 Å². The summed E-state index contributed by atoms with van der Waals surface area (Å²) in [6.45, 7) is 3.58. The Kier molecular flexibility index (Phi) is 6.10. The van der Waals surface area contributed by atoms with Crippen molar-refractivity contribution < 1.29 is 18.7 Å². The maximum absolute atomic E-state index is 14.7. The third-order valence-corrected chi connectivity index (χ3v) is 6.81. The number of fused-ring (bicyclic) bond motifs is 1. The molecule has 5 rings (SSSR count). The zero-order valence-corrected chi connectivity index (χ0v) is 20.7. The first-order valence-electron chi connectivity index (χ1n) is 10.9. The molecule has 0 bridgehead atoms. The second kappa shape index (κ2) is 9.25. The number of carbonyl (C=O) groups excluding carboxylic acids is 2. The van der Waals surface area contributed by atoms with E-state index in [1.165, 1.54) is 22.0 Å². The van der Waals surface area contributed by atoms with Crippen molar-refractivity contribution in [1.82, 2.24) is 14.9 Å². The quantitative estimate of drug-likeness (QED) is 0.351. The molecular weight excluding hydrogens is 509 g/mol. The van der Waals surface area contributed by atoms with Crippen molar-refractivity contribution >= 4 is 62.3 Å². The summed E-state index contributed by atoms with van der Waals surface area (Å²) < 4.78 is 22.5. The molecule has 1 aliphatic rings. The number of hydrogen-bond acceptors (Lipinski definition) is 7. The van der Waals surface area contributed by atoms with Crippen LogP contribution in [0.4, 0.5) is 26.4 Å². The minimum absolute atomic E-state index is 0.154. The third-order valence-electron chi connectivity index (χ3n) is 5.66. The van der Waals surface area contributed by atoms with E-state index in [0.29, 0.717) is 44.5 Å². The van der Waals surface area contributed by atoms with Crippen LogP contribution in [0.15, 0.2) is 46.6 Å². The van der Waals surface area contributed by atoms with Gasteiger partial charge in [0, 0.05) is 16.8 Å². The van der Waals surface area contributed by atoms with Crippen molar-refractivity contribution in [3.8, 4) is 11.4 Å². The fraction of sp³-hybridized carbons (Fsp3) is 0.167. The normalized spacial score (nSPS) is 13.4. The fourth-order valence-electron chi connectivity index (χ4n) is 4.07. The molecule has 184 valence electrons. The van der Waals surface area contributed by atoms with E-state index in [4.69, 9.17) is 16.3 Å². The molecule has 0 radical (unpaired) electrons. The molecular formula is C24H19ClFN5O4S. The van der Waals surface area contributed by atoms with Gasteiger partial charge in [0.1, 0.15) is 11.6 Å². The lowest BCUT2D eigenvalue weighted by Crippen LogP contribution is -2.32. The molecule has 1 saturated heterocycles. The number of aromatic nitrogens is 2. The van der Waals surface area contributed by atoms with Crippen LogP contribution in [0.1, 0.15) is 12.5 Å². The number of anilines is 3. The van der Waals surface area contributed by atoms with Gasteiger partial charge in [-0.05, 0) is 55.1 Å². The molecule has 3 amide bonds. The van der Waals surface area contributed by atoms with Crippen molar-refractivity contribution in [2.45, 2.75) is 13.8 Å². The lowest BCUT2D eigenvalue weighted by molar-refractivity contribution is -0.115. The van der Waals surface area contributed by atoms with E-state index in [9.17, 15) is 18.8 Å². The Morgan fingerprint density at radius 2 is 2.03 bits per heavy atom. The molecule has 0 aliphatic carbocycles. The minimum Gasteiger partial charge on any atom is -0.492 e. The average Bonchev–Trinajstić information content (AvgIpc) is 3.45. The number of ether oxygens (including phenoxy) is 1. The van der Waals surface area contributed by atoms with E-state index < -0.39 is 23.4 Å². The van der Waals surface area contributed by atoms with E-state index in [0.717, 1.165) is 11.0 Å². The summed E-state index contributed by atoms with van der Waals surface area (Å²) in [5.74, 6) is -0.589. The van der Waals surface area contributed by atoms with Gasteiger partial charge in [-0.1, -0.05) is 11.6 Å². The van der Waals surface area contributed by atoms with E-state index in [2.05, 4.69) is 15.6 Å². The standard InChI is InChI=1S/C24H19ClFN5O4S/c1-3-35-18-10-13(25)4-7-16(18)30-17-8-9-36-21(17)22(29-24(30)34)28-15-6-5-14(26)20(12(15)2)31-19(32)11-27-23(31)33/h4-10H,3,11H2,1-2H3,(H,27,33)(H,28,29,34). The van der Waals surface area contributed by atoms with Crippen LogP contribution in [0.3, 0.4) is 0 Å². The second-order valence-electron chi connectivity index (χ2n) is 7.84. The zero-order chi connectivity index (χ0) is 25.6. The van der Waals surface area contributed by atoms with E-state index >= 15 is 0 Å². The van der Waals surface area contributed by atoms with Gasteiger partial charge < -0.3 is 15.4 Å². The van der Waals surface area contributed by atoms with Crippen LogP contribution < -0.4 is 26.0 Å². The number of urea groups is 1. The Balaban J connectivity index is 1.62. The third kappa shape index (κ3) is 3.95. The summed E-state index contributed by atoms with van der Waals surface area (Å²) in [4.78, 5) is 42.6. The number of thiophene rings is 1. The highest BCUT2D eigenvalue weighted by Crippen LogP contribution is 2.36. The van der Waals surface area contributed by atoms with E-state index in [1.54, 1.807) is 31.2 Å². The molecule has 0 atom stereocenters. The number of nitrogens with zero attached hydrogens (tertiary/aromatic N) is 3. The molecule has 12 heteroatoms. The minimum atomic E-state index is -0.723. The number of carbonyl (C=O) groups is 2. The van der Waals surface area contributed by atoms with Crippen molar-refractivity contribution in [1.29, 1.82) is 0 Å². The predicted molar refractivity (Wildman–Crippen MR) is 137 cm³/mol. The summed E-state index contributed by atoms with van der Waals surface area (Å²) in [7, 11) is 0. The Hall–Kier alpha value is -3.96. The monoisotopic (exact) mass is 527 g/mol. The van der Waals surface area contributed by atoms with Crippen molar-refractivity contribution in [2.24, 2.45) is 0 Å². The molecule has 0 unspecified atom stereocenters. The van der Waals surface area contributed by atoms with Crippen LogP contribution in [0.25, 0.3) is 15.9 Å². The van der Waals surface area contributed by atoms with Gasteiger partial charge in [-0.2, -0.15) is 4.98 Å². The van der Waals surface area contributed by atoms with Crippen LogP contribution in [0.2, 0.25) is 5.02 Å². The molecule has 4 aromatic rings. The molecule has 3 heterocycles. The summed E-state index contributed by atoms with van der Waals surface area (Å²) in [6.07, 6.45) is 0. The largest absolute Gasteiger partial charge is 0.492 e. The Bertz CT molecular complexity index is 1590. The summed E-state index contributed by atoms with van der Waals surface area (Å²) in [6, 6.07) is 8.69. The van der Waals surface area contributed by atoms with Gasteiger partial charge in [-0.25, -0.2) is 18.9 Å². The molecule has 36 heavy (non-hydrogen) atoms. The van der Waals surface area contributed by atoms with Gasteiger partial charge >= 0.3 is 11.7 Å². The number of hydrogen-bond donors (Lipinski definition) is 2. The first kappa shape index (κ1) is 23.8. The van der Waals surface area contributed by atoms with Crippen LogP contribution in [-0.4, -0.2) is 34.6 Å². The molecule has 2 aromatic carbocycles. The van der Waals surface area contributed by atoms with Gasteiger partial charge in [0.05, 0.1) is 34.7 Å². The average molecular weight is 528 g/mol. The summed E-state index contributed by atoms with van der Waals surface area (Å²) in [5, 5.41) is 7.76. The van der Waals surface area contributed by atoms with Crippen molar-refractivity contribution in [2.75, 3.05) is 23.4 Å². The van der Waals surface area contributed by atoms with Crippen LogP contribution in [0.5, 0.6) is 5.75 Å². The summed E-state index contributed by atoms with van der Waals surface area (Å²) in [5.41, 5.74) is 1.05. The molecule has 1 fully saturated rings. The molecule has 0 spiro atoms. The van der Waals surface area contributed by atoms with Gasteiger partial charge in [0.15, 0.2) is 5.82 Å². The van der Waals surface area contributed by atoms with Gasteiger partial charge in [0.25, 0.3) is 5.91 Å². The highest BCUT2D eigenvalue weighted by molar-refractivity contribution is 7.17. The Morgan fingerprint density at radius 3 is 2.75 bits per heavy atom. The fourth-order valence-corrected chi connectivity index (χ4v) is 5.05. The first-order chi connectivity index (χ1) is 17.3. The van der Waals surface area contributed by atoms with E-state index in [1.807, 2.05) is 12.3 Å². The highest BCUT2D eigenvalue weighted by Gasteiger charge is 2.34. The van der Waals surface area contributed by atoms with Crippen LogP contribution in [-0.2, 0) is 4.79 Å². The number of amides is 3. The van der Waals surface area contributed by atoms with Gasteiger partial charge in [-0.15, -0.1) is 11.3 Å². The Morgan fingerprint density at radius 1 is 1.22 bits per heavy atom. The summed E-state index contributed by atoms with van der Waals surface area (Å²) >= 11 is 7.49. The lowest BCUT2D eigenvalue weighted by atomic mass is 10.1. The number of halogens is 2. The Labute approximate surface area is 213 Å². The molecule has 2 N–H and O–H groups in total. The highest BCUT2D eigenvalue weighted by atomic mass is 35.5. The van der Waals surface area contributed by atoms with Crippen LogP contribution in [0, 0.1) is 12.7 Å². The number of benzene rings is 2. The number of rotatable bonds is 6. The molecule has 1 aliphatic heterocycles. The maximum atomic E-state index is 14.7. The lowest BCUT2D eigenvalue weighted by Gasteiger charge is -2.20. The predicted octanol–water partition coefficient (Wildman–Crippen LogP) is 4.75. The maximum Gasteiger partial charge on any atom is 0.354 e. The van der Waals surface area contributed by atoms with Crippen molar-refractivity contribution in [3.63, 3.8) is 0 Å². The smallest absolute Gasteiger partial charge is 0.354 e. The van der Waals surface area contributed by atoms with Gasteiger partial charge in [-0.3, -0.25) is 9.36 Å². The SMILES string of the molecule is CCOc1cc(Cl)ccc1-n1c(=O)nc(Nc2ccc(F)c(N3C(=O)CNC3=O)c2C)c2sccc21. The molecule has 0 saturated carbocycles.